The number of rotatable bonds is 4. The lowest BCUT2D eigenvalue weighted by Gasteiger charge is -2.20. The lowest BCUT2D eigenvalue weighted by molar-refractivity contribution is -0.145. The Kier molecular flexibility index (Phi) is 5.11. The van der Waals surface area contributed by atoms with Crippen LogP contribution in [0.1, 0.15) is 18.4 Å². The molecule has 0 bridgehead atoms. The van der Waals surface area contributed by atoms with Gasteiger partial charge in [0.05, 0.1) is 18.4 Å². The van der Waals surface area contributed by atoms with Gasteiger partial charge >= 0.3 is 0 Å². The molecule has 2 aliphatic heterocycles. The normalized spacial score (nSPS) is 26.1. The predicted molar refractivity (Wildman–Crippen MR) is 104 cm³/mol. The van der Waals surface area contributed by atoms with Crippen molar-refractivity contribution >= 4 is 34.7 Å². The molecular weight excluding hydrogens is 362 g/mol. The maximum Gasteiger partial charge on any atom is 0.248 e. The zero-order valence-electron chi connectivity index (χ0n) is 14.9. The van der Waals surface area contributed by atoms with Crippen molar-refractivity contribution in [1.29, 1.82) is 0 Å². The van der Waals surface area contributed by atoms with E-state index >= 15 is 0 Å². The molecule has 1 aromatic carbocycles. The zero-order valence-corrected chi connectivity index (χ0v) is 15.7. The number of aliphatic imine (C=N–C) groups is 1. The van der Waals surface area contributed by atoms with E-state index in [1.807, 2.05) is 42.5 Å². The summed E-state index contributed by atoms with van der Waals surface area (Å²) < 4.78 is 0. The van der Waals surface area contributed by atoms with Crippen LogP contribution in [0.4, 0.5) is 0 Å². The van der Waals surface area contributed by atoms with Gasteiger partial charge in [0, 0.05) is 12.3 Å². The van der Waals surface area contributed by atoms with Crippen molar-refractivity contribution in [3.8, 4) is 0 Å². The van der Waals surface area contributed by atoms with Gasteiger partial charge in [0.2, 0.25) is 17.7 Å². The van der Waals surface area contributed by atoms with Crippen LogP contribution in [0.2, 0.25) is 0 Å². The first kappa shape index (κ1) is 18.0. The van der Waals surface area contributed by atoms with Crippen molar-refractivity contribution in [2.45, 2.75) is 19.4 Å². The SMILES string of the molecule is O=C(CN1C(=O)[C@H]2CC=CC[C@@H]2C1=O)N1CCSC1=NCc1ccccc1. The average Bonchev–Trinajstić information content (AvgIpc) is 3.27. The summed E-state index contributed by atoms with van der Waals surface area (Å²) in [5, 5.41) is 0.669. The van der Waals surface area contributed by atoms with Crippen molar-refractivity contribution in [2.75, 3.05) is 18.8 Å². The summed E-state index contributed by atoms with van der Waals surface area (Å²) >= 11 is 1.53. The number of allylic oxidation sites excluding steroid dienone is 2. The van der Waals surface area contributed by atoms with E-state index in [-0.39, 0.29) is 36.1 Å². The summed E-state index contributed by atoms with van der Waals surface area (Å²) in [6.07, 6.45) is 5.07. The number of carbonyl (C=O) groups excluding carboxylic acids is 3. The Labute approximate surface area is 162 Å². The highest BCUT2D eigenvalue weighted by atomic mass is 32.2. The minimum absolute atomic E-state index is 0.185. The zero-order chi connectivity index (χ0) is 18.8. The molecule has 0 N–H and O–H groups in total. The number of carbonyl (C=O) groups is 3. The summed E-state index contributed by atoms with van der Waals surface area (Å²) in [4.78, 5) is 45.2. The van der Waals surface area contributed by atoms with Gasteiger partial charge in [0.15, 0.2) is 5.17 Å². The van der Waals surface area contributed by atoms with E-state index in [1.54, 1.807) is 4.90 Å². The largest absolute Gasteiger partial charge is 0.289 e. The summed E-state index contributed by atoms with van der Waals surface area (Å²) in [5.41, 5.74) is 1.08. The number of hydrogen-bond donors (Lipinski definition) is 0. The smallest absolute Gasteiger partial charge is 0.248 e. The maximum absolute atomic E-state index is 12.8. The van der Waals surface area contributed by atoms with E-state index in [2.05, 4.69) is 4.99 Å². The molecule has 3 aliphatic rings. The van der Waals surface area contributed by atoms with Crippen molar-refractivity contribution < 1.29 is 14.4 Å². The standard InChI is InChI=1S/C20H21N3O3S/c24-17(13-23-18(25)15-8-4-5-9-16(15)19(23)26)22-10-11-27-20(22)21-12-14-6-2-1-3-7-14/h1-7,15-16H,8-13H2/t15-,16-/m0/s1. The van der Waals surface area contributed by atoms with Crippen LogP contribution in [0, 0.1) is 11.8 Å². The molecular formula is C20H21N3O3S. The van der Waals surface area contributed by atoms with Gasteiger partial charge in [-0.3, -0.25) is 29.2 Å². The van der Waals surface area contributed by atoms with Crippen LogP contribution in [0.25, 0.3) is 0 Å². The summed E-state index contributed by atoms with van der Waals surface area (Å²) in [6.45, 7) is 0.877. The number of benzene rings is 1. The minimum Gasteiger partial charge on any atom is -0.289 e. The number of thioether (sulfide) groups is 1. The van der Waals surface area contributed by atoms with Crippen LogP contribution in [-0.4, -0.2) is 51.5 Å². The molecule has 7 heteroatoms. The van der Waals surface area contributed by atoms with Crippen molar-refractivity contribution in [2.24, 2.45) is 16.8 Å². The predicted octanol–water partition coefficient (Wildman–Crippen LogP) is 2.07. The number of fused-ring (bicyclic) bond motifs is 1. The van der Waals surface area contributed by atoms with E-state index in [0.29, 0.717) is 31.1 Å². The highest BCUT2D eigenvalue weighted by Gasteiger charge is 2.48. The first-order chi connectivity index (χ1) is 13.1. The fourth-order valence-electron chi connectivity index (χ4n) is 3.75. The molecule has 140 valence electrons. The fraction of sp³-hybridized carbons (Fsp3) is 0.400. The number of imide groups is 1. The first-order valence-corrected chi connectivity index (χ1v) is 10.2. The van der Waals surface area contributed by atoms with Crippen LogP contribution >= 0.6 is 11.8 Å². The minimum atomic E-state index is -0.297. The van der Waals surface area contributed by atoms with Crippen molar-refractivity contribution in [3.63, 3.8) is 0 Å². The maximum atomic E-state index is 12.8. The van der Waals surface area contributed by atoms with E-state index in [0.717, 1.165) is 16.2 Å². The van der Waals surface area contributed by atoms with E-state index in [9.17, 15) is 14.4 Å². The third-order valence-electron chi connectivity index (χ3n) is 5.21. The number of likely N-dealkylation sites (tertiary alicyclic amines) is 1. The molecule has 0 saturated carbocycles. The van der Waals surface area contributed by atoms with Crippen LogP contribution in [0.3, 0.4) is 0 Å². The average molecular weight is 383 g/mol. The Morgan fingerprint density at radius 3 is 2.41 bits per heavy atom. The molecule has 0 radical (unpaired) electrons. The van der Waals surface area contributed by atoms with Crippen molar-refractivity contribution in [1.82, 2.24) is 9.80 Å². The Morgan fingerprint density at radius 1 is 1.07 bits per heavy atom. The van der Waals surface area contributed by atoms with Crippen molar-refractivity contribution in [3.05, 3.63) is 48.0 Å². The van der Waals surface area contributed by atoms with Crippen LogP contribution in [0.15, 0.2) is 47.5 Å². The van der Waals surface area contributed by atoms with Gasteiger partial charge in [-0.1, -0.05) is 54.2 Å². The lowest BCUT2D eigenvalue weighted by Crippen LogP contribution is -2.43. The van der Waals surface area contributed by atoms with Gasteiger partial charge in [-0.05, 0) is 18.4 Å². The molecule has 3 amide bonds. The van der Waals surface area contributed by atoms with Gasteiger partial charge < -0.3 is 0 Å². The molecule has 0 unspecified atom stereocenters. The second kappa shape index (κ2) is 7.68. The third-order valence-corrected chi connectivity index (χ3v) is 6.20. The number of amides is 3. The second-order valence-electron chi connectivity index (χ2n) is 6.90. The second-order valence-corrected chi connectivity index (χ2v) is 7.96. The van der Waals surface area contributed by atoms with E-state index < -0.39 is 0 Å². The molecule has 4 rings (SSSR count). The van der Waals surface area contributed by atoms with E-state index in [1.165, 1.54) is 11.8 Å². The van der Waals surface area contributed by atoms with E-state index in [4.69, 9.17) is 0 Å². The monoisotopic (exact) mass is 383 g/mol. The fourth-order valence-corrected chi connectivity index (χ4v) is 4.71. The number of hydrogen-bond acceptors (Lipinski definition) is 5. The molecule has 0 spiro atoms. The summed E-state index contributed by atoms with van der Waals surface area (Å²) in [5.74, 6) is -0.477. The Bertz CT molecular complexity index is 795. The van der Waals surface area contributed by atoms with Gasteiger partial charge in [0.1, 0.15) is 6.54 Å². The van der Waals surface area contributed by atoms with Crippen LogP contribution in [0.5, 0.6) is 0 Å². The molecule has 0 aromatic heterocycles. The molecule has 2 saturated heterocycles. The Morgan fingerprint density at radius 2 is 1.74 bits per heavy atom. The third kappa shape index (κ3) is 3.56. The molecule has 2 fully saturated rings. The molecule has 27 heavy (non-hydrogen) atoms. The van der Waals surface area contributed by atoms with Crippen LogP contribution in [-0.2, 0) is 20.9 Å². The number of nitrogens with zero attached hydrogens (tertiary/aromatic N) is 3. The molecule has 1 aliphatic carbocycles. The van der Waals surface area contributed by atoms with Gasteiger partial charge in [-0.2, -0.15) is 0 Å². The van der Waals surface area contributed by atoms with Crippen LogP contribution < -0.4 is 0 Å². The molecule has 1 aromatic rings. The Hall–Kier alpha value is -2.41. The topological polar surface area (TPSA) is 70.1 Å². The summed E-state index contributed by atoms with van der Waals surface area (Å²) in [6, 6.07) is 9.85. The van der Waals surface area contributed by atoms with Gasteiger partial charge in [-0.15, -0.1) is 0 Å². The quantitative estimate of drug-likeness (QED) is 0.590. The van der Waals surface area contributed by atoms with Gasteiger partial charge in [0.25, 0.3) is 0 Å². The lowest BCUT2D eigenvalue weighted by atomic mass is 9.85. The highest BCUT2D eigenvalue weighted by Crippen LogP contribution is 2.35. The molecule has 6 nitrogen and oxygen atoms in total. The molecule has 2 atom stereocenters. The number of amidine groups is 1. The van der Waals surface area contributed by atoms with Gasteiger partial charge in [-0.25, -0.2) is 0 Å². The first-order valence-electron chi connectivity index (χ1n) is 9.17. The summed E-state index contributed by atoms with van der Waals surface area (Å²) in [7, 11) is 0. The molecule has 2 heterocycles. The highest BCUT2D eigenvalue weighted by molar-refractivity contribution is 8.14. The Balaban J connectivity index is 1.43.